The first-order chi connectivity index (χ1) is 21.4. The predicted octanol–water partition coefficient (Wildman–Crippen LogP) is 5.82. The first-order valence-electron chi connectivity index (χ1n) is 14.4. The number of nitrogens with zero attached hydrogens (tertiary/aromatic N) is 2. The number of aryl methyl sites for hydroxylation is 1. The Kier molecular flexibility index (Phi) is 7.10. The molecule has 220 valence electrons. The molecule has 7 rings (SSSR count). The van der Waals surface area contributed by atoms with Gasteiger partial charge in [-0.25, -0.2) is 4.79 Å². The Morgan fingerprint density at radius 2 is 1.64 bits per heavy atom. The number of aromatic nitrogens is 1. The molecule has 1 aliphatic heterocycles. The minimum Gasteiger partial charge on any atom is -0.449 e. The van der Waals surface area contributed by atoms with E-state index in [1.807, 2.05) is 66.3 Å². The summed E-state index contributed by atoms with van der Waals surface area (Å²) in [4.78, 5) is 41.9. The van der Waals surface area contributed by atoms with Crippen molar-refractivity contribution in [3.8, 4) is 11.1 Å². The molecule has 0 saturated heterocycles. The third-order valence-electron chi connectivity index (χ3n) is 8.45. The van der Waals surface area contributed by atoms with Gasteiger partial charge >= 0.3 is 6.09 Å². The van der Waals surface area contributed by atoms with E-state index in [-0.39, 0.29) is 25.0 Å². The van der Waals surface area contributed by atoms with Crippen LogP contribution in [0.15, 0.2) is 102 Å². The summed E-state index contributed by atoms with van der Waals surface area (Å²) >= 11 is 1.44. The van der Waals surface area contributed by atoms with Gasteiger partial charge in [0, 0.05) is 46.3 Å². The third kappa shape index (κ3) is 4.89. The van der Waals surface area contributed by atoms with Crippen LogP contribution in [0.5, 0.6) is 0 Å². The Morgan fingerprint density at radius 3 is 2.36 bits per heavy atom. The molecule has 4 aromatic carbocycles. The highest BCUT2D eigenvalue weighted by molar-refractivity contribution is 7.99. The van der Waals surface area contributed by atoms with Crippen molar-refractivity contribution in [3.63, 3.8) is 0 Å². The van der Waals surface area contributed by atoms with Crippen LogP contribution < -0.4 is 16.0 Å². The van der Waals surface area contributed by atoms with Crippen LogP contribution in [-0.4, -0.2) is 40.9 Å². The lowest BCUT2D eigenvalue weighted by molar-refractivity contribution is -0.120. The molecule has 0 unspecified atom stereocenters. The number of primary amides is 1. The second-order valence-corrected chi connectivity index (χ2v) is 12.1. The molecule has 2 aliphatic rings. The fourth-order valence-electron chi connectivity index (χ4n) is 6.33. The van der Waals surface area contributed by atoms with E-state index in [1.54, 1.807) is 23.1 Å². The van der Waals surface area contributed by atoms with Gasteiger partial charge in [0.2, 0.25) is 5.91 Å². The van der Waals surface area contributed by atoms with Crippen molar-refractivity contribution >= 4 is 46.3 Å². The number of ether oxygens (including phenoxy) is 1. The molecule has 3 amide bonds. The summed E-state index contributed by atoms with van der Waals surface area (Å²) < 4.78 is 7.80. The van der Waals surface area contributed by atoms with E-state index in [9.17, 15) is 14.4 Å². The van der Waals surface area contributed by atoms with Crippen LogP contribution in [0.4, 0.5) is 10.5 Å². The molecule has 0 radical (unpaired) electrons. The molecule has 0 spiro atoms. The van der Waals surface area contributed by atoms with Crippen LogP contribution in [0.3, 0.4) is 0 Å². The fraction of sp³-hybridized carbons (Fsp3) is 0.171. The Morgan fingerprint density at radius 1 is 0.955 bits per heavy atom. The highest BCUT2D eigenvalue weighted by Crippen LogP contribution is 2.44. The molecule has 1 aromatic heterocycles. The quantitative estimate of drug-likeness (QED) is 0.255. The Labute approximate surface area is 258 Å². The van der Waals surface area contributed by atoms with Crippen molar-refractivity contribution in [3.05, 3.63) is 119 Å². The van der Waals surface area contributed by atoms with E-state index in [0.29, 0.717) is 17.0 Å². The van der Waals surface area contributed by atoms with Gasteiger partial charge < -0.3 is 25.3 Å². The third-order valence-corrected chi connectivity index (χ3v) is 9.60. The Bertz CT molecular complexity index is 1910. The van der Waals surface area contributed by atoms with Crippen LogP contribution in [-0.2, 0) is 23.1 Å². The van der Waals surface area contributed by atoms with E-state index < -0.39 is 18.0 Å². The maximum absolute atomic E-state index is 14.2. The second kappa shape index (κ2) is 11.2. The van der Waals surface area contributed by atoms with Crippen LogP contribution in [0.2, 0.25) is 0 Å². The average Bonchev–Trinajstić information content (AvgIpc) is 3.50. The zero-order valence-electron chi connectivity index (χ0n) is 24.0. The lowest BCUT2D eigenvalue weighted by Gasteiger charge is -2.26. The molecular weight excluding hydrogens is 572 g/mol. The zero-order valence-corrected chi connectivity index (χ0v) is 24.8. The van der Waals surface area contributed by atoms with Gasteiger partial charge in [0.05, 0.1) is 12.2 Å². The average molecular weight is 603 g/mol. The number of nitrogens with one attached hydrogen (secondary N) is 1. The van der Waals surface area contributed by atoms with Crippen molar-refractivity contribution < 1.29 is 19.1 Å². The number of benzene rings is 4. The number of thioether (sulfide) groups is 1. The van der Waals surface area contributed by atoms with E-state index in [0.717, 1.165) is 43.6 Å². The summed E-state index contributed by atoms with van der Waals surface area (Å²) in [6.45, 7) is 0.397. The van der Waals surface area contributed by atoms with Crippen molar-refractivity contribution in [1.29, 1.82) is 0 Å². The zero-order chi connectivity index (χ0) is 30.4. The lowest BCUT2D eigenvalue weighted by Crippen LogP contribution is -2.49. The first-order valence-corrected chi connectivity index (χ1v) is 15.4. The number of carbonyl (C=O) groups excluding carboxylic acids is 3. The molecule has 3 N–H and O–H groups in total. The molecule has 0 fully saturated rings. The largest absolute Gasteiger partial charge is 0.449 e. The van der Waals surface area contributed by atoms with Crippen molar-refractivity contribution in [2.75, 3.05) is 17.3 Å². The lowest BCUT2D eigenvalue weighted by atomic mass is 9.98. The normalized spacial score (nSPS) is 15.8. The fourth-order valence-corrected chi connectivity index (χ4v) is 7.38. The predicted molar refractivity (Wildman–Crippen MR) is 172 cm³/mol. The molecule has 0 saturated carbocycles. The molecular formula is C35H30N4O4S. The molecule has 1 aliphatic carbocycles. The minimum atomic E-state index is -0.852. The summed E-state index contributed by atoms with van der Waals surface area (Å²) in [5.41, 5.74) is 13.0. The number of amides is 3. The number of para-hydroxylation sites is 1. The molecule has 1 atom stereocenters. The van der Waals surface area contributed by atoms with Crippen molar-refractivity contribution in [2.45, 2.75) is 23.4 Å². The van der Waals surface area contributed by atoms with Gasteiger partial charge in [-0.05, 0) is 52.1 Å². The smallest absolute Gasteiger partial charge is 0.407 e. The molecule has 5 aromatic rings. The number of hydrogen-bond acceptors (Lipinski definition) is 5. The topological polar surface area (TPSA) is 107 Å². The highest BCUT2D eigenvalue weighted by Gasteiger charge is 2.34. The van der Waals surface area contributed by atoms with Crippen LogP contribution in [0.1, 0.15) is 33.0 Å². The van der Waals surface area contributed by atoms with E-state index in [2.05, 4.69) is 29.6 Å². The number of rotatable bonds is 6. The van der Waals surface area contributed by atoms with Gasteiger partial charge in [0.1, 0.15) is 12.6 Å². The van der Waals surface area contributed by atoms with Gasteiger partial charge in [0.15, 0.2) is 0 Å². The van der Waals surface area contributed by atoms with E-state index in [1.165, 1.54) is 11.8 Å². The SMILES string of the molecule is Cn1cc(CN2C(=O)[C@@H](NC(=O)OCC3c4ccccc4-c4ccccc43)CSc3ccc(C(N)=O)cc32)c2ccccc21. The second-order valence-electron chi connectivity index (χ2n) is 11.1. The van der Waals surface area contributed by atoms with Gasteiger partial charge in [0.25, 0.3) is 5.91 Å². The first kappa shape index (κ1) is 27.8. The standard InChI is InChI=1S/C35H30N4O4S/c1-38-17-22(23-8-6-7-13-30(23)38)18-39-31-16-21(33(36)40)14-15-32(31)44-20-29(34(39)41)37-35(42)43-19-28-26-11-4-2-9-24(26)25-10-3-5-12-27(25)28/h2-17,28-29H,18-20H2,1H3,(H2,36,40)(H,37,42)/t29-/m0/s1. The summed E-state index contributed by atoms with van der Waals surface area (Å²) in [7, 11) is 1.96. The molecule has 2 heterocycles. The van der Waals surface area contributed by atoms with Gasteiger partial charge in [-0.1, -0.05) is 66.7 Å². The summed E-state index contributed by atoms with van der Waals surface area (Å²) in [5, 5.41) is 3.86. The Hall–Kier alpha value is -5.02. The number of alkyl carbamates (subject to hydrolysis) is 1. The van der Waals surface area contributed by atoms with Gasteiger partial charge in [-0.3, -0.25) is 9.59 Å². The number of nitrogens with two attached hydrogens (primary N) is 1. The molecule has 44 heavy (non-hydrogen) atoms. The van der Waals surface area contributed by atoms with Crippen molar-refractivity contribution in [2.24, 2.45) is 12.8 Å². The maximum Gasteiger partial charge on any atom is 0.407 e. The summed E-state index contributed by atoms with van der Waals surface area (Å²) in [5.74, 6) is -0.656. The number of fused-ring (bicyclic) bond motifs is 5. The highest BCUT2D eigenvalue weighted by atomic mass is 32.2. The van der Waals surface area contributed by atoms with E-state index in [4.69, 9.17) is 10.5 Å². The summed E-state index contributed by atoms with van der Waals surface area (Å²) in [6.07, 6.45) is 1.35. The monoisotopic (exact) mass is 602 g/mol. The number of hydrogen-bond donors (Lipinski definition) is 2. The van der Waals surface area contributed by atoms with E-state index >= 15 is 0 Å². The van der Waals surface area contributed by atoms with Crippen LogP contribution in [0.25, 0.3) is 22.0 Å². The van der Waals surface area contributed by atoms with Crippen LogP contribution >= 0.6 is 11.8 Å². The number of anilines is 1. The van der Waals surface area contributed by atoms with Gasteiger partial charge in [-0.2, -0.15) is 0 Å². The molecule has 8 nitrogen and oxygen atoms in total. The maximum atomic E-state index is 14.2. The van der Waals surface area contributed by atoms with Crippen molar-refractivity contribution in [1.82, 2.24) is 9.88 Å². The number of carbonyl (C=O) groups is 3. The minimum absolute atomic E-state index is 0.0910. The summed E-state index contributed by atoms with van der Waals surface area (Å²) in [6, 6.07) is 28.6. The van der Waals surface area contributed by atoms with Gasteiger partial charge in [-0.15, -0.1) is 11.8 Å². The van der Waals surface area contributed by atoms with Crippen LogP contribution in [0, 0.1) is 0 Å². The molecule has 0 bridgehead atoms. The molecule has 9 heteroatoms. The Balaban J connectivity index is 1.14.